The van der Waals surface area contributed by atoms with Crippen LogP contribution in [0, 0.1) is 13.8 Å². The number of alkyl halides is 10. The Hall–Kier alpha value is -1.25. The Bertz CT molecular complexity index is 930. The van der Waals surface area contributed by atoms with Gasteiger partial charge >= 0.3 is 22.9 Å². The summed E-state index contributed by atoms with van der Waals surface area (Å²) in [6.45, 7) is 7.72. The van der Waals surface area contributed by atoms with Crippen LogP contribution in [0.5, 0.6) is 0 Å². The molecular formula is C12H14F10N2O5S3. The summed E-state index contributed by atoms with van der Waals surface area (Å²) in [5.41, 5.74) is 3.41. The van der Waals surface area contributed by atoms with Crippen LogP contribution >= 0.6 is 11.3 Å². The second kappa shape index (κ2) is 9.94. The van der Waals surface area contributed by atoms with Crippen molar-refractivity contribution in [3.8, 4) is 0 Å². The zero-order chi connectivity index (χ0) is 26.0. The van der Waals surface area contributed by atoms with E-state index >= 15 is 0 Å². The van der Waals surface area contributed by atoms with Crippen LogP contribution in [0.4, 0.5) is 43.9 Å². The Morgan fingerprint density at radius 1 is 0.875 bits per heavy atom. The van der Waals surface area contributed by atoms with Crippen LogP contribution < -0.4 is 4.57 Å². The van der Waals surface area contributed by atoms with Crippen LogP contribution in [0.15, 0.2) is 5.51 Å². The summed E-state index contributed by atoms with van der Waals surface area (Å²) in [5.74, 6) is 0. The third-order valence-corrected chi connectivity index (χ3v) is 7.57. The minimum atomic E-state index is -7.62. The average Bonchev–Trinajstić information content (AvgIpc) is 2.89. The van der Waals surface area contributed by atoms with Crippen molar-refractivity contribution in [3.63, 3.8) is 0 Å². The van der Waals surface area contributed by atoms with Gasteiger partial charge in [0.05, 0.1) is 11.5 Å². The lowest BCUT2D eigenvalue weighted by molar-refractivity contribution is -0.733. The van der Waals surface area contributed by atoms with Crippen LogP contribution in [-0.4, -0.2) is 46.3 Å². The first kappa shape index (κ1) is 30.8. The highest BCUT2D eigenvalue weighted by molar-refractivity contribution is 8.13. The standard InChI is InChI=1S/C8H14NOS.C4F10NO4S2/c1-4-10-5-9-6-11-8(3)7(9)2;5-1(6,7)3(11,12)20(16,17)15-21(18,19)4(13,14)2(8,9)10/h6H,4-5H2,1-3H3;/q+1;-1. The number of sulfonamides is 2. The number of nitrogens with zero attached hydrogens (tertiary/aromatic N) is 2. The molecule has 0 bridgehead atoms. The highest BCUT2D eigenvalue weighted by Crippen LogP contribution is 2.47. The fourth-order valence-corrected chi connectivity index (χ4v) is 4.50. The van der Waals surface area contributed by atoms with Crippen molar-refractivity contribution in [1.82, 2.24) is 0 Å². The van der Waals surface area contributed by atoms with Crippen molar-refractivity contribution in [3.05, 3.63) is 20.2 Å². The molecule has 0 radical (unpaired) electrons. The van der Waals surface area contributed by atoms with Crippen LogP contribution in [0.25, 0.3) is 4.13 Å². The number of aryl methyl sites for hydroxylation is 1. The largest absolute Gasteiger partial charge is 0.467 e. The molecule has 1 aromatic rings. The molecule has 190 valence electrons. The first-order valence-corrected chi connectivity index (χ1v) is 11.4. The van der Waals surface area contributed by atoms with E-state index in [0.29, 0.717) is 10.9 Å². The quantitative estimate of drug-likeness (QED) is 0.377. The van der Waals surface area contributed by atoms with Gasteiger partial charge in [-0.05, 0) is 13.8 Å². The van der Waals surface area contributed by atoms with Crippen LogP contribution in [-0.2, 0) is 31.5 Å². The maximum Gasteiger partial charge on any atom is 0.467 e. The maximum absolute atomic E-state index is 12.3. The lowest BCUT2D eigenvalue weighted by Crippen LogP contribution is -2.48. The molecule has 1 rings (SSSR count). The molecule has 0 atom stereocenters. The minimum absolute atomic E-state index is 0.422. The van der Waals surface area contributed by atoms with Gasteiger partial charge in [-0.25, -0.2) is 16.8 Å². The zero-order valence-electron chi connectivity index (χ0n) is 15.9. The predicted octanol–water partition coefficient (Wildman–Crippen LogP) is 3.98. The molecule has 0 aliphatic heterocycles. The molecule has 0 unspecified atom stereocenters. The van der Waals surface area contributed by atoms with E-state index in [4.69, 9.17) is 4.74 Å². The molecule has 7 nitrogen and oxygen atoms in total. The van der Waals surface area contributed by atoms with E-state index in [1.54, 1.807) is 11.3 Å². The summed E-state index contributed by atoms with van der Waals surface area (Å²) < 4.78 is 168. The fraction of sp³-hybridized carbons (Fsp3) is 0.750. The lowest BCUT2D eigenvalue weighted by atomic mass is 10.4. The molecule has 0 spiro atoms. The molecular weight excluding hydrogens is 538 g/mol. The molecule has 0 amide bonds. The number of hydrogen-bond donors (Lipinski definition) is 0. The van der Waals surface area contributed by atoms with E-state index < -0.39 is 42.9 Å². The molecule has 32 heavy (non-hydrogen) atoms. The van der Waals surface area contributed by atoms with Crippen molar-refractivity contribution >= 4 is 31.4 Å². The van der Waals surface area contributed by atoms with Crippen LogP contribution in [0.2, 0.25) is 0 Å². The third-order valence-electron chi connectivity index (χ3n) is 3.24. The highest BCUT2D eigenvalue weighted by atomic mass is 32.3. The molecule has 0 saturated carbocycles. The number of thiazole rings is 1. The van der Waals surface area contributed by atoms with Gasteiger partial charge in [0.1, 0.15) is 0 Å². The Kier molecular flexibility index (Phi) is 9.55. The third kappa shape index (κ3) is 6.64. The van der Waals surface area contributed by atoms with Gasteiger partial charge in [-0.15, -0.1) is 0 Å². The highest BCUT2D eigenvalue weighted by Gasteiger charge is 2.68. The summed E-state index contributed by atoms with van der Waals surface area (Å²) in [4.78, 5) is 1.37. The summed E-state index contributed by atoms with van der Waals surface area (Å²) in [7, 11) is -15.2. The number of rotatable bonds is 7. The predicted molar refractivity (Wildman–Crippen MR) is 88.8 cm³/mol. The molecule has 1 aromatic heterocycles. The first-order valence-electron chi connectivity index (χ1n) is 7.60. The van der Waals surface area contributed by atoms with E-state index in [2.05, 4.69) is 23.9 Å². The maximum atomic E-state index is 12.3. The molecule has 0 aromatic carbocycles. The number of ether oxygens (including phenoxy) is 1. The number of hydrogen-bond acceptors (Lipinski definition) is 6. The van der Waals surface area contributed by atoms with Crippen molar-refractivity contribution in [2.75, 3.05) is 6.61 Å². The van der Waals surface area contributed by atoms with Gasteiger partial charge in [-0.2, -0.15) is 48.5 Å². The van der Waals surface area contributed by atoms with E-state index in [1.807, 2.05) is 6.92 Å². The second-order valence-corrected chi connectivity index (χ2v) is 10.1. The van der Waals surface area contributed by atoms with Gasteiger partial charge in [0.2, 0.25) is 5.51 Å². The number of aromatic nitrogens is 1. The first-order chi connectivity index (χ1) is 14.0. The molecule has 1 heterocycles. The van der Waals surface area contributed by atoms with Gasteiger partial charge in [-0.1, -0.05) is 11.3 Å². The second-order valence-electron chi connectivity index (χ2n) is 5.51. The van der Waals surface area contributed by atoms with Gasteiger partial charge in [0, 0.05) is 6.92 Å². The van der Waals surface area contributed by atoms with Crippen molar-refractivity contribution in [2.45, 2.75) is 50.4 Å². The number of halogens is 10. The summed E-state index contributed by atoms with van der Waals surface area (Å²) in [6, 6.07) is 0. The Balaban J connectivity index is 0.000000726. The zero-order valence-corrected chi connectivity index (χ0v) is 18.4. The van der Waals surface area contributed by atoms with E-state index in [9.17, 15) is 60.7 Å². The van der Waals surface area contributed by atoms with Crippen molar-refractivity contribution < 1.29 is 70.0 Å². The van der Waals surface area contributed by atoms with Crippen molar-refractivity contribution in [1.29, 1.82) is 0 Å². The monoisotopic (exact) mass is 552 g/mol. The molecule has 0 aliphatic carbocycles. The summed E-state index contributed by atoms with van der Waals surface area (Å²) >= 11 is 1.76. The van der Waals surface area contributed by atoms with Crippen LogP contribution in [0.1, 0.15) is 17.5 Å². The van der Waals surface area contributed by atoms with E-state index in [-0.39, 0.29) is 0 Å². The van der Waals surface area contributed by atoms with Gasteiger partial charge in [-0.3, -0.25) is 0 Å². The molecule has 0 N–H and O–H groups in total. The van der Waals surface area contributed by atoms with Crippen LogP contribution in [0.3, 0.4) is 0 Å². The Morgan fingerprint density at radius 2 is 1.25 bits per heavy atom. The minimum Gasteiger partial charge on any atom is -0.425 e. The summed E-state index contributed by atoms with van der Waals surface area (Å²) in [5, 5.41) is -14.0. The molecule has 0 saturated heterocycles. The average molecular weight is 552 g/mol. The molecule has 0 fully saturated rings. The van der Waals surface area contributed by atoms with E-state index in [0.717, 1.165) is 6.61 Å². The van der Waals surface area contributed by atoms with E-state index in [1.165, 1.54) is 10.6 Å². The fourth-order valence-electron chi connectivity index (χ4n) is 1.34. The normalized spacial score (nSPS) is 14.2. The van der Waals surface area contributed by atoms with Gasteiger partial charge < -0.3 is 8.86 Å². The molecule has 20 heteroatoms. The topological polar surface area (TPSA) is 95.5 Å². The summed E-state index contributed by atoms with van der Waals surface area (Å²) in [6.07, 6.45) is -14.0. The Morgan fingerprint density at radius 3 is 1.50 bits per heavy atom. The molecule has 0 aliphatic rings. The van der Waals surface area contributed by atoms with Crippen molar-refractivity contribution in [2.24, 2.45) is 0 Å². The SMILES string of the molecule is CCOC[n+]1csc(C)c1C.O=S(=O)([N-]S(=O)(=O)C(F)(F)C(F)(F)F)C(F)(F)C(F)(F)F. The van der Waals surface area contributed by atoms with Gasteiger partial charge in [0.15, 0.2) is 25.7 Å². The lowest BCUT2D eigenvalue weighted by Gasteiger charge is -2.31. The van der Waals surface area contributed by atoms with Gasteiger partial charge in [0.25, 0.3) is 6.73 Å². The smallest absolute Gasteiger partial charge is 0.425 e. The Labute approximate surface area is 179 Å².